The molecule has 4 rings (SSSR count). The highest BCUT2D eigenvalue weighted by Crippen LogP contribution is 2.31. The fraction of sp³-hybridized carbons (Fsp3) is 0.158. The second-order valence-corrected chi connectivity index (χ2v) is 6.21. The third-order valence-corrected chi connectivity index (χ3v) is 4.50. The smallest absolute Gasteiger partial charge is 0.205 e. The minimum atomic E-state index is 0.562. The van der Waals surface area contributed by atoms with Crippen LogP contribution in [0.25, 0.3) is 22.5 Å². The van der Waals surface area contributed by atoms with Gasteiger partial charge in [-0.2, -0.15) is 10.3 Å². The van der Waals surface area contributed by atoms with Crippen LogP contribution in [0.1, 0.15) is 24.1 Å². The zero-order valence-electron chi connectivity index (χ0n) is 14.7. The molecule has 0 saturated carbocycles. The van der Waals surface area contributed by atoms with Crippen molar-refractivity contribution in [3.8, 4) is 22.5 Å². The highest BCUT2D eigenvalue weighted by molar-refractivity contribution is 7.79. The molecule has 0 saturated heterocycles. The van der Waals surface area contributed by atoms with E-state index in [0.29, 0.717) is 18.1 Å². The van der Waals surface area contributed by atoms with Gasteiger partial charge in [-0.15, -0.1) is 10.2 Å². The molecule has 0 bridgehead atoms. The van der Waals surface area contributed by atoms with E-state index in [-0.39, 0.29) is 0 Å². The second-order valence-electron chi connectivity index (χ2n) is 5.98. The normalized spacial score (nSPS) is 10.9. The molecule has 0 unspecified atom stereocenters. The Morgan fingerprint density at radius 1 is 1.11 bits per heavy atom. The molecule has 2 aromatic heterocycles. The Balaban J connectivity index is 1.77. The van der Waals surface area contributed by atoms with Crippen LogP contribution in [-0.2, 0) is 13.0 Å². The summed E-state index contributed by atoms with van der Waals surface area (Å²) in [5, 5.41) is 20.5. The van der Waals surface area contributed by atoms with Crippen molar-refractivity contribution in [2.24, 2.45) is 0 Å². The molecule has 0 fully saturated rings. The van der Waals surface area contributed by atoms with Gasteiger partial charge in [0.1, 0.15) is 5.82 Å². The molecule has 2 aromatic carbocycles. The van der Waals surface area contributed by atoms with Crippen LogP contribution < -0.4 is 0 Å². The molecule has 2 heterocycles. The summed E-state index contributed by atoms with van der Waals surface area (Å²) in [7, 11) is 0. The van der Waals surface area contributed by atoms with E-state index in [4.69, 9.17) is 12.2 Å². The van der Waals surface area contributed by atoms with Crippen molar-refractivity contribution in [3.63, 3.8) is 0 Å². The van der Waals surface area contributed by atoms with E-state index in [9.17, 15) is 0 Å². The number of aryl methyl sites for hydroxylation is 1. The van der Waals surface area contributed by atoms with E-state index in [2.05, 4.69) is 61.0 Å². The van der Waals surface area contributed by atoms with Crippen molar-refractivity contribution in [1.82, 2.24) is 35.4 Å². The van der Waals surface area contributed by atoms with Gasteiger partial charge in [0.05, 0.1) is 0 Å². The van der Waals surface area contributed by atoms with Crippen LogP contribution >= 0.6 is 12.2 Å². The SMILES string of the molecule is CCn1nc(C=S)nc1Cc1ccc(-c2ccccc2)c(-c2nn[nH]n2)c1. The summed E-state index contributed by atoms with van der Waals surface area (Å²) in [6.45, 7) is 2.78. The van der Waals surface area contributed by atoms with E-state index in [1.54, 1.807) is 0 Å². The number of thiocarbonyl (C=S) groups is 1. The second kappa shape index (κ2) is 7.55. The lowest BCUT2D eigenvalue weighted by molar-refractivity contribution is 0.624. The number of nitrogens with one attached hydrogen (secondary N) is 1. The summed E-state index contributed by atoms with van der Waals surface area (Å²) in [5.41, 5.74) is 4.17. The first-order valence-corrected chi connectivity index (χ1v) is 9.06. The van der Waals surface area contributed by atoms with Crippen LogP contribution in [0.4, 0.5) is 0 Å². The fourth-order valence-corrected chi connectivity index (χ4v) is 3.14. The molecule has 1 N–H and O–H groups in total. The number of hydrogen-bond acceptors (Lipinski definition) is 6. The van der Waals surface area contributed by atoms with Crippen molar-refractivity contribution >= 4 is 17.6 Å². The summed E-state index contributed by atoms with van der Waals surface area (Å²) in [5.74, 6) is 2.01. The number of benzene rings is 2. The molecule has 0 atom stereocenters. The summed E-state index contributed by atoms with van der Waals surface area (Å²) in [6, 6.07) is 16.4. The Kier molecular flexibility index (Phi) is 4.80. The first kappa shape index (κ1) is 17.2. The minimum absolute atomic E-state index is 0.562. The van der Waals surface area contributed by atoms with Crippen molar-refractivity contribution in [1.29, 1.82) is 0 Å². The summed E-state index contributed by atoms with van der Waals surface area (Å²) >= 11 is 4.96. The Labute approximate surface area is 161 Å². The number of nitrogens with zero attached hydrogens (tertiary/aromatic N) is 6. The van der Waals surface area contributed by atoms with Crippen molar-refractivity contribution in [2.45, 2.75) is 19.9 Å². The average molecular weight is 375 g/mol. The molecule has 134 valence electrons. The minimum Gasteiger partial charge on any atom is -0.249 e. The van der Waals surface area contributed by atoms with Gasteiger partial charge < -0.3 is 0 Å². The topological polar surface area (TPSA) is 85.2 Å². The van der Waals surface area contributed by atoms with Gasteiger partial charge in [0, 0.05) is 23.9 Å². The lowest BCUT2D eigenvalue weighted by atomic mass is 9.96. The van der Waals surface area contributed by atoms with Gasteiger partial charge in [0.25, 0.3) is 0 Å². The molecule has 0 amide bonds. The first-order valence-electron chi connectivity index (χ1n) is 8.59. The van der Waals surface area contributed by atoms with Gasteiger partial charge in [-0.05, 0) is 34.9 Å². The molecule has 7 nitrogen and oxygen atoms in total. The number of H-pyrrole nitrogens is 1. The quantitative estimate of drug-likeness (QED) is 0.521. The van der Waals surface area contributed by atoms with Gasteiger partial charge in [-0.1, -0.05) is 54.7 Å². The van der Waals surface area contributed by atoms with Gasteiger partial charge in [0.15, 0.2) is 5.82 Å². The zero-order chi connectivity index (χ0) is 18.6. The molecule has 27 heavy (non-hydrogen) atoms. The maximum absolute atomic E-state index is 4.96. The van der Waals surface area contributed by atoms with Crippen LogP contribution in [0.2, 0.25) is 0 Å². The van der Waals surface area contributed by atoms with Gasteiger partial charge in [-0.25, -0.2) is 9.67 Å². The Bertz CT molecular complexity index is 1060. The first-order chi connectivity index (χ1) is 13.3. The number of hydrogen-bond donors (Lipinski definition) is 1. The number of rotatable bonds is 6. The Morgan fingerprint density at radius 2 is 1.96 bits per heavy atom. The van der Waals surface area contributed by atoms with E-state index in [1.807, 2.05) is 29.8 Å². The van der Waals surface area contributed by atoms with Crippen LogP contribution in [0, 0.1) is 0 Å². The molecule has 4 aromatic rings. The Morgan fingerprint density at radius 3 is 2.67 bits per heavy atom. The van der Waals surface area contributed by atoms with Crippen LogP contribution in [0.5, 0.6) is 0 Å². The number of tetrazole rings is 1. The molecule has 0 aliphatic carbocycles. The van der Waals surface area contributed by atoms with E-state index < -0.39 is 0 Å². The van der Waals surface area contributed by atoms with Gasteiger partial charge in [-0.3, -0.25) is 0 Å². The third kappa shape index (κ3) is 3.52. The lowest BCUT2D eigenvalue weighted by Crippen LogP contribution is -2.04. The summed E-state index contributed by atoms with van der Waals surface area (Å²) in [6.07, 6.45) is 0.643. The maximum atomic E-state index is 4.96. The third-order valence-electron chi connectivity index (χ3n) is 4.29. The average Bonchev–Trinajstić information content (AvgIpc) is 3.38. The summed E-state index contributed by atoms with van der Waals surface area (Å²) < 4.78 is 1.87. The molecular weight excluding hydrogens is 358 g/mol. The lowest BCUT2D eigenvalue weighted by Gasteiger charge is -2.10. The Hall–Kier alpha value is -3.26. The number of aromatic amines is 1. The molecule has 0 radical (unpaired) electrons. The summed E-state index contributed by atoms with van der Waals surface area (Å²) in [4.78, 5) is 4.51. The predicted octanol–water partition coefficient (Wildman–Crippen LogP) is 3.08. The molecular formula is C19H17N7S. The van der Waals surface area contributed by atoms with E-state index in [0.717, 1.165) is 34.6 Å². The molecule has 8 heteroatoms. The van der Waals surface area contributed by atoms with Crippen molar-refractivity contribution in [2.75, 3.05) is 0 Å². The maximum Gasteiger partial charge on any atom is 0.205 e. The standard InChI is InChI=1S/C19H17N7S/c1-2-26-18(20-17(12-27)23-26)11-13-8-9-15(14-6-4-3-5-7-14)16(10-13)19-21-24-25-22-19/h3-10,12H,2,11H2,1H3,(H,21,22,24,25). The highest BCUT2D eigenvalue weighted by Gasteiger charge is 2.14. The van der Waals surface area contributed by atoms with Crippen LogP contribution in [0.15, 0.2) is 48.5 Å². The van der Waals surface area contributed by atoms with Crippen molar-refractivity contribution in [3.05, 3.63) is 65.7 Å². The monoisotopic (exact) mass is 375 g/mol. The van der Waals surface area contributed by atoms with E-state index >= 15 is 0 Å². The van der Waals surface area contributed by atoms with Crippen LogP contribution in [-0.4, -0.2) is 40.8 Å². The number of aromatic nitrogens is 7. The highest BCUT2D eigenvalue weighted by atomic mass is 32.1. The largest absolute Gasteiger partial charge is 0.249 e. The van der Waals surface area contributed by atoms with Gasteiger partial charge >= 0.3 is 0 Å². The van der Waals surface area contributed by atoms with Crippen LogP contribution in [0.3, 0.4) is 0 Å². The predicted molar refractivity (Wildman–Crippen MR) is 106 cm³/mol. The van der Waals surface area contributed by atoms with E-state index in [1.165, 1.54) is 5.37 Å². The fourth-order valence-electron chi connectivity index (χ4n) is 3.04. The molecule has 0 spiro atoms. The van der Waals surface area contributed by atoms with Crippen molar-refractivity contribution < 1.29 is 0 Å². The zero-order valence-corrected chi connectivity index (χ0v) is 15.5. The molecule has 0 aliphatic heterocycles. The molecule has 0 aliphatic rings. The van der Waals surface area contributed by atoms with Gasteiger partial charge in [0.2, 0.25) is 5.82 Å².